The summed E-state index contributed by atoms with van der Waals surface area (Å²) in [5, 5.41) is 2.34. The molecular weight excluding hydrogens is 456 g/mol. The third-order valence-corrected chi connectivity index (χ3v) is 6.41. The molecule has 12 heteroatoms. The highest BCUT2D eigenvalue weighted by Gasteiger charge is 2.12. The Bertz CT molecular complexity index is 1450. The average molecular weight is 477 g/mol. The summed E-state index contributed by atoms with van der Waals surface area (Å²) in [4.78, 5) is -0.394. The highest BCUT2D eigenvalue weighted by atomic mass is 32.2. The molecule has 0 radical (unpaired) electrons. The first kappa shape index (κ1) is 23.1. The van der Waals surface area contributed by atoms with Crippen LogP contribution in [0.25, 0.3) is 21.5 Å². The van der Waals surface area contributed by atoms with Gasteiger partial charge in [0.2, 0.25) is 0 Å². The van der Waals surface area contributed by atoms with Crippen molar-refractivity contribution in [3.05, 3.63) is 60.7 Å². The molecule has 0 unspecified atom stereocenters. The Balaban J connectivity index is 0.000000181. The zero-order chi connectivity index (χ0) is 23.8. The minimum atomic E-state index is -4.22. The lowest BCUT2D eigenvalue weighted by Crippen LogP contribution is -1.99. The van der Waals surface area contributed by atoms with E-state index < -0.39 is 20.2 Å². The van der Waals surface area contributed by atoms with Crippen LogP contribution in [0, 0.1) is 0 Å². The second kappa shape index (κ2) is 8.16. The SMILES string of the molecule is Nc1ccc(N)c2cc(S(=O)(=O)O)ccc12.Nc1ccc(N)c2cc(S(=O)(=O)O)ccc12. The molecule has 168 valence electrons. The summed E-state index contributed by atoms with van der Waals surface area (Å²) in [6.45, 7) is 0. The van der Waals surface area contributed by atoms with E-state index in [9.17, 15) is 16.8 Å². The van der Waals surface area contributed by atoms with Crippen LogP contribution < -0.4 is 22.9 Å². The van der Waals surface area contributed by atoms with E-state index in [1.165, 1.54) is 36.4 Å². The fourth-order valence-corrected chi connectivity index (χ4v) is 4.08. The van der Waals surface area contributed by atoms with Gasteiger partial charge in [-0.05, 0) is 48.5 Å². The minimum Gasteiger partial charge on any atom is -0.398 e. The maximum atomic E-state index is 11.0. The van der Waals surface area contributed by atoms with E-state index >= 15 is 0 Å². The lowest BCUT2D eigenvalue weighted by Gasteiger charge is -2.06. The maximum Gasteiger partial charge on any atom is 0.294 e. The molecule has 4 aromatic rings. The number of anilines is 4. The largest absolute Gasteiger partial charge is 0.398 e. The molecular formula is C20H20N4O6S2. The summed E-state index contributed by atoms with van der Waals surface area (Å²) in [6, 6.07) is 14.7. The maximum absolute atomic E-state index is 11.0. The van der Waals surface area contributed by atoms with Crippen molar-refractivity contribution in [3.8, 4) is 0 Å². The third kappa shape index (κ3) is 4.68. The third-order valence-electron chi connectivity index (χ3n) is 4.71. The molecule has 0 aliphatic rings. The predicted molar refractivity (Wildman–Crippen MR) is 125 cm³/mol. The van der Waals surface area contributed by atoms with Crippen LogP contribution in [-0.2, 0) is 20.2 Å². The van der Waals surface area contributed by atoms with E-state index in [1.54, 1.807) is 24.3 Å². The fraction of sp³-hybridized carbons (Fsp3) is 0. The summed E-state index contributed by atoms with van der Waals surface area (Å²) >= 11 is 0. The van der Waals surface area contributed by atoms with Crippen LogP contribution in [0.5, 0.6) is 0 Å². The highest BCUT2D eigenvalue weighted by Crippen LogP contribution is 2.29. The van der Waals surface area contributed by atoms with E-state index in [1.807, 2.05) is 0 Å². The average Bonchev–Trinajstić information content (AvgIpc) is 2.72. The van der Waals surface area contributed by atoms with E-state index in [0.717, 1.165) is 0 Å². The Morgan fingerprint density at radius 2 is 0.750 bits per heavy atom. The van der Waals surface area contributed by atoms with Crippen molar-refractivity contribution in [2.45, 2.75) is 9.79 Å². The van der Waals surface area contributed by atoms with Crippen molar-refractivity contribution >= 4 is 64.5 Å². The van der Waals surface area contributed by atoms with Gasteiger partial charge in [-0.15, -0.1) is 0 Å². The molecule has 0 saturated carbocycles. The molecule has 0 fully saturated rings. The molecule has 0 bridgehead atoms. The van der Waals surface area contributed by atoms with Crippen LogP contribution in [0.15, 0.2) is 70.5 Å². The van der Waals surface area contributed by atoms with Crippen LogP contribution in [0.3, 0.4) is 0 Å². The van der Waals surface area contributed by atoms with Crippen molar-refractivity contribution in [1.29, 1.82) is 0 Å². The first-order valence-corrected chi connectivity index (χ1v) is 11.8. The monoisotopic (exact) mass is 476 g/mol. The van der Waals surface area contributed by atoms with Gasteiger partial charge in [0.25, 0.3) is 20.2 Å². The van der Waals surface area contributed by atoms with Gasteiger partial charge in [-0.2, -0.15) is 16.8 Å². The number of fused-ring (bicyclic) bond motifs is 2. The zero-order valence-corrected chi connectivity index (χ0v) is 18.1. The lowest BCUT2D eigenvalue weighted by atomic mass is 10.1. The molecule has 0 spiro atoms. The van der Waals surface area contributed by atoms with E-state index in [0.29, 0.717) is 44.3 Å². The summed E-state index contributed by atoms with van der Waals surface area (Å²) in [5.74, 6) is 0. The highest BCUT2D eigenvalue weighted by molar-refractivity contribution is 7.86. The molecule has 0 heterocycles. The van der Waals surface area contributed by atoms with E-state index in [2.05, 4.69) is 0 Å². The standard InChI is InChI=1S/2C10H10N2O3S/c2*11-9-3-4-10(12)8-5-6(16(13,14)15)1-2-7(8)9/h2*1-5H,11-12H2,(H,13,14,15). The van der Waals surface area contributed by atoms with Gasteiger partial charge in [0.15, 0.2) is 0 Å². The number of hydrogen-bond donors (Lipinski definition) is 6. The van der Waals surface area contributed by atoms with Crippen LogP contribution >= 0.6 is 0 Å². The topological polar surface area (TPSA) is 213 Å². The Kier molecular flexibility index (Phi) is 5.89. The number of benzene rings is 4. The van der Waals surface area contributed by atoms with Gasteiger partial charge in [-0.1, -0.05) is 12.1 Å². The van der Waals surface area contributed by atoms with Gasteiger partial charge < -0.3 is 22.9 Å². The normalized spacial score (nSPS) is 11.8. The quantitative estimate of drug-likeness (QED) is 0.184. The van der Waals surface area contributed by atoms with Gasteiger partial charge in [0.05, 0.1) is 9.79 Å². The number of hydrogen-bond acceptors (Lipinski definition) is 8. The van der Waals surface area contributed by atoms with Crippen LogP contribution in [0.1, 0.15) is 0 Å². The first-order valence-electron chi connectivity index (χ1n) is 8.89. The molecule has 0 aromatic heterocycles. The van der Waals surface area contributed by atoms with E-state index in [-0.39, 0.29) is 9.79 Å². The summed E-state index contributed by atoms with van der Waals surface area (Å²) in [5.41, 5.74) is 24.7. The van der Waals surface area contributed by atoms with Crippen LogP contribution in [0.4, 0.5) is 22.7 Å². The van der Waals surface area contributed by atoms with Crippen molar-refractivity contribution in [1.82, 2.24) is 0 Å². The predicted octanol–water partition coefficient (Wildman–Crippen LogP) is 2.50. The van der Waals surface area contributed by atoms with Crippen molar-refractivity contribution in [3.63, 3.8) is 0 Å². The Hall–Kier alpha value is -3.58. The van der Waals surface area contributed by atoms with Crippen molar-refractivity contribution < 1.29 is 25.9 Å². The molecule has 10 N–H and O–H groups in total. The molecule has 4 aromatic carbocycles. The number of nitrogens with two attached hydrogens (primary N) is 4. The molecule has 0 aliphatic heterocycles. The van der Waals surface area contributed by atoms with Crippen LogP contribution in [0.2, 0.25) is 0 Å². The van der Waals surface area contributed by atoms with Gasteiger partial charge in [0, 0.05) is 44.3 Å². The fourth-order valence-electron chi connectivity index (χ4n) is 3.07. The summed E-state index contributed by atoms with van der Waals surface area (Å²) in [7, 11) is -8.44. The molecule has 0 atom stereocenters. The van der Waals surface area contributed by atoms with Gasteiger partial charge in [-0.25, -0.2) is 0 Å². The molecule has 0 amide bonds. The van der Waals surface area contributed by atoms with E-state index in [4.69, 9.17) is 32.0 Å². The van der Waals surface area contributed by atoms with Crippen molar-refractivity contribution in [2.24, 2.45) is 0 Å². The molecule has 0 saturated heterocycles. The second-order valence-corrected chi connectivity index (χ2v) is 9.70. The van der Waals surface area contributed by atoms with Crippen molar-refractivity contribution in [2.75, 3.05) is 22.9 Å². The zero-order valence-electron chi connectivity index (χ0n) is 16.4. The molecule has 32 heavy (non-hydrogen) atoms. The number of nitrogen functional groups attached to an aromatic ring is 4. The minimum absolute atomic E-state index is 0.197. The summed E-state index contributed by atoms with van der Waals surface area (Å²) < 4.78 is 61.6. The van der Waals surface area contributed by atoms with Gasteiger partial charge in [0.1, 0.15) is 0 Å². The smallest absolute Gasteiger partial charge is 0.294 e. The Morgan fingerprint density at radius 1 is 0.469 bits per heavy atom. The van der Waals surface area contributed by atoms with Crippen LogP contribution in [-0.4, -0.2) is 25.9 Å². The van der Waals surface area contributed by atoms with Gasteiger partial charge >= 0.3 is 0 Å². The van der Waals surface area contributed by atoms with Gasteiger partial charge in [-0.3, -0.25) is 9.11 Å². The Labute approximate surface area is 183 Å². The molecule has 0 aliphatic carbocycles. The molecule has 4 rings (SSSR count). The molecule has 10 nitrogen and oxygen atoms in total. The first-order chi connectivity index (χ1) is 14.8. The lowest BCUT2D eigenvalue weighted by molar-refractivity contribution is 0.481. The Morgan fingerprint density at radius 3 is 1.03 bits per heavy atom. The second-order valence-electron chi connectivity index (χ2n) is 6.85. The number of rotatable bonds is 2. The summed E-state index contributed by atoms with van der Waals surface area (Å²) in [6.07, 6.45) is 0.